The summed E-state index contributed by atoms with van der Waals surface area (Å²) >= 11 is 12.0. The summed E-state index contributed by atoms with van der Waals surface area (Å²) in [6.07, 6.45) is 8.94. The van der Waals surface area contributed by atoms with Gasteiger partial charge in [-0.2, -0.15) is 0 Å². The minimum absolute atomic E-state index is 0.0704. The second-order valence-corrected chi connectivity index (χ2v) is 14.3. The van der Waals surface area contributed by atoms with E-state index in [1.807, 2.05) is 88.9 Å². The van der Waals surface area contributed by atoms with Crippen molar-refractivity contribution in [2.45, 2.75) is 20.0 Å². The minimum atomic E-state index is -0.803. The number of ether oxygens (including phenoxy) is 2. The van der Waals surface area contributed by atoms with Crippen LogP contribution in [0.2, 0.25) is 10.0 Å². The van der Waals surface area contributed by atoms with Gasteiger partial charge in [0.25, 0.3) is 23.4 Å². The predicted molar refractivity (Wildman–Crippen MR) is 233 cm³/mol. The second kappa shape index (κ2) is 18.7. The van der Waals surface area contributed by atoms with Crippen LogP contribution in [0.15, 0.2) is 128 Å². The van der Waals surface area contributed by atoms with Crippen LogP contribution < -0.4 is 20.1 Å². The molecule has 0 saturated heterocycles. The summed E-state index contributed by atoms with van der Waals surface area (Å²) in [5, 5.41) is 7.51. The van der Waals surface area contributed by atoms with Crippen LogP contribution in [-0.2, 0) is 22.7 Å². The molecule has 14 nitrogen and oxygen atoms in total. The van der Waals surface area contributed by atoms with Crippen molar-refractivity contribution in [3.8, 4) is 11.5 Å². The standard InChI is InChI=1S/C23H19ClN4O3.C22H17ClN4O3/c1-14-20(21(29)22(30)27-23-25-10-3-11-26-23)18-12-17(31-2)8-9-19(18)28(14)13-15-4-6-16(24)7-5-15;1-30-16-6-7-19-17(10-16)18(13-27(19)12-14-2-4-15(23)5-3-14)21(28)22(29)26-20-11-24-8-9-25-20/h3-12H,13H2,1-2H3,(H,25,26,27,30);2-11,13H,12H2,1H3,(H,25,26,29). The van der Waals surface area contributed by atoms with E-state index in [9.17, 15) is 19.2 Å². The summed E-state index contributed by atoms with van der Waals surface area (Å²) < 4.78 is 14.6. The van der Waals surface area contributed by atoms with E-state index in [0.29, 0.717) is 56.7 Å². The number of fused-ring (bicyclic) bond motifs is 2. The van der Waals surface area contributed by atoms with Crippen molar-refractivity contribution in [1.82, 2.24) is 29.1 Å². The number of methoxy groups -OCH3 is 2. The number of nitrogens with zero attached hydrogens (tertiary/aromatic N) is 6. The van der Waals surface area contributed by atoms with Gasteiger partial charge in [-0.05, 0) is 84.8 Å². The maximum Gasteiger partial charge on any atom is 0.299 e. The van der Waals surface area contributed by atoms with Crippen molar-refractivity contribution in [2.75, 3.05) is 24.9 Å². The van der Waals surface area contributed by atoms with E-state index in [4.69, 9.17) is 32.7 Å². The number of ketones is 2. The van der Waals surface area contributed by atoms with E-state index in [1.165, 1.54) is 31.0 Å². The van der Waals surface area contributed by atoms with Gasteiger partial charge in [-0.15, -0.1) is 0 Å². The zero-order valence-electron chi connectivity index (χ0n) is 32.9. The van der Waals surface area contributed by atoms with Crippen molar-refractivity contribution >= 4 is 80.2 Å². The molecule has 0 aliphatic heterocycles. The summed E-state index contributed by atoms with van der Waals surface area (Å²) in [5.74, 6) is -1.47. The summed E-state index contributed by atoms with van der Waals surface area (Å²) in [7, 11) is 3.10. The third-order valence-electron chi connectivity index (χ3n) is 9.62. The quantitative estimate of drug-likeness (QED) is 0.0901. The largest absolute Gasteiger partial charge is 0.497 e. The molecule has 0 atom stereocenters. The van der Waals surface area contributed by atoms with Crippen LogP contribution in [0.25, 0.3) is 21.8 Å². The monoisotopic (exact) mass is 854 g/mol. The molecule has 306 valence electrons. The van der Waals surface area contributed by atoms with E-state index in [1.54, 1.807) is 38.6 Å². The van der Waals surface area contributed by atoms with Gasteiger partial charge in [0.1, 0.15) is 11.5 Å². The molecular formula is C45H36Cl2N8O6. The first-order valence-electron chi connectivity index (χ1n) is 18.6. The average molecular weight is 856 g/mol. The maximum atomic E-state index is 13.2. The molecule has 2 N–H and O–H groups in total. The molecule has 0 aliphatic rings. The van der Waals surface area contributed by atoms with Crippen LogP contribution >= 0.6 is 23.2 Å². The predicted octanol–water partition coefficient (Wildman–Crippen LogP) is 8.23. The molecule has 0 unspecified atom stereocenters. The highest BCUT2D eigenvalue weighted by Crippen LogP contribution is 2.32. The van der Waals surface area contributed by atoms with Gasteiger partial charge in [-0.1, -0.05) is 47.5 Å². The number of rotatable bonds is 12. The third kappa shape index (κ3) is 9.57. The zero-order chi connectivity index (χ0) is 43.0. The highest BCUT2D eigenvalue weighted by atomic mass is 35.5. The molecule has 0 saturated carbocycles. The Bertz CT molecular complexity index is 2880. The van der Waals surface area contributed by atoms with Crippen molar-refractivity contribution < 1.29 is 28.7 Å². The van der Waals surface area contributed by atoms with Gasteiger partial charge in [0, 0.05) is 81.6 Å². The number of amides is 2. The van der Waals surface area contributed by atoms with Crippen LogP contribution in [0.3, 0.4) is 0 Å². The summed E-state index contributed by atoms with van der Waals surface area (Å²) in [5.41, 5.74) is 4.92. The first kappa shape index (κ1) is 41.7. The first-order valence-corrected chi connectivity index (χ1v) is 19.4. The van der Waals surface area contributed by atoms with Gasteiger partial charge < -0.3 is 23.9 Å². The van der Waals surface area contributed by atoms with Crippen molar-refractivity contribution in [2.24, 2.45) is 0 Å². The highest BCUT2D eigenvalue weighted by Gasteiger charge is 2.27. The SMILES string of the molecule is COc1ccc2c(c1)c(C(=O)C(=O)Nc1cnccn1)cn2Cc1ccc(Cl)cc1.COc1ccc2c(c1)c(C(=O)C(=O)Nc1ncccn1)c(C)n2Cc1ccc(Cl)cc1. The molecule has 0 bridgehead atoms. The topological polar surface area (TPSA) is 172 Å². The lowest BCUT2D eigenvalue weighted by atomic mass is 10.1. The van der Waals surface area contributed by atoms with Gasteiger partial charge in [0.2, 0.25) is 5.95 Å². The number of anilines is 2. The number of benzene rings is 4. The van der Waals surface area contributed by atoms with Gasteiger partial charge in [-0.25, -0.2) is 15.0 Å². The maximum absolute atomic E-state index is 13.2. The fourth-order valence-corrected chi connectivity index (χ4v) is 6.90. The number of aromatic nitrogens is 6. The molecule has 4 aromatic heterocycles. The Morgan fingerprint density at radius 3 is 1.85 bits per heavy atom. The lowest BCUT2D eigenvalue weighted by Gasteiger charge is -2.09. The van der Waals surface area contributed by atoms with Crippen molar-refractivity contribution in [3.63, 3.8) is 0 Å². The van der Waals surface area contributed by atoms with E-state index < -0.39 is 23.4 Å². The van der Waals surface area contributed by atoms with Crippen LogP contribution in [0.4, 0.5) is 11.8 Å². The fraction of sp³-hybridized carbons (Fsp3) is 0.111. The molecule has 4 aromatic carbocycles. The molecule has 8 rings (SSSR count). The van der Waals surface area contributed by atoms with Gasteiger partial charge in [0.15, 0.2) is 5.82 Å². The van der Waals surface area contributed by atoms with Crippen LogP contribution in [-0.4, -0.2) is 66.7 Å². The van der Waals surface area contributed by atoms with Crippen LogP contribution in [0.5, 0.6) is 11.5 Å². The minimum Gasteiger partial charge on any atom is -0.497 e. The number of carbonyl (C=O) groups excluding carboxylic acids is 4. The fourth-order valence-electron chi connectivity index (χ4n) is 6.65. The average Bonchev–Trinajstić information content (AvgIpc) is 3.77. The molecule has 4 heterocycles. The summed E-state index contributed by atoms with van der Waals surface area (Å²) in [6.45, 7) is 2.85. The summed E-state index contributed by atoms with van der Waals surface area (Å²) in [4.78, 5) is 67.0. The van der Waals surface area contributed by atoms with E-state index in [0.717, 1.165) is 22.2 Å². The molecule has 16 heteroatoms. The molecule has 61 heavy (non-hydrogen) atoms. The Morgan fingerprint density at radius 1 is 0.656 bits per heavy atom. The van der Waals surface area contributed by atoms with E-state index in [2.05, 4.69) is 30.6 Å². The van der Waals surface area contributed by atoms with E-state index >= 15 is 0 Å². The summed E-state index contributed by atoms with van der Waals surface area (Å²) in [6, 6.07) is 27.5. The number of Topliss-reactive ketones (excluding diaryl/α,β-unsaturated/α-hetero) is 2. The second-order valence-electron chi connectivity index (χ2n) is 13.5. The van der Waals surface area contributed by atoms with Crippen LogP contribution in [0.1, 0.15) is 37.5 Å². The Labute approximate surface area is 359 Å². The molecule has 8 aromatic rings. The van der Waals surface area contributed by atoms with Crippen molar-refractivity contribution in [1.29, 1.82) is 0 Å². The third-order valence-corrected chi connectivity index (χ3v) is 10.1. The molecule has 0 fully saturated rings. The number of hydrogen-bond donors (Lipinski definition) is 2. The molecule has 0 spiro atoms. The van der Waals surface area contributed by atoms with Crippen LogP contribution in [0, 0.1) is 6.92 Å². The number of halogens is 2. The molecule has 0 radical (unpaired) electrons. The van der Waals surface area contributed by atoms with Gasteiger partial charge in [0.05, 0.1) is 31.5 Å². The Kier molecular flexibility index (Phi) is 12.8. The zero-order valence-corrected chi connectivity index (χ0v) is 34.4. The first-order chi connectivity index (χ1) is 29.5. The highest BCUT2D eigenvalue weighted by molar-refractivity contribution is 6.49. The molecule has 2 amide bonds. The molecule has 0 aliphatic carbocycles. The van der Waals surface area contributed by atoms with E-state index in [-0.39, 0.29) is 17.3 Å². The van der Waals surface area contributed by atoms with Crippen molar-refractivity contribution in [3.05, 3.63) is 166 Å². The Morgan fingerprint density at radius 2 is 1.25 bits per heavy atom. The van der Waals surface area contributed by atoms with Gasteiger partial charge in [-0.3, -0.25) is 29.5 Å². The Balaban J connectivity index is 0.000000184. The number of hydrogen-bond acceptors (Lipinski definition) is 10. The number of nitrogens with one attached hydrogen (secondary N) is 2. The lowest BCUT2D eigenvalue weighted by molar-refractivity contribution is -0.113. The Hall–Kier alpha value is -7.42. The normalized spacial score (nSPS) is 10.8. The molecular weight excluding hydrogens is 819 g/mol. The smallest absolute Gasteiger partial charge is 0.299 e. The lowest BCUT2D eigenvalue weighted by Crippen LogP contribution is -2.24. The number of carbonyl (C=O) groups is 4. The van der Waals surface area contributed by atoms with Gasteiger partial charge >= 0.3 is 0 Å².